The van der Waals surface area contributed by atoms with E-state index in [0.29, 0.717) is 0 Å². The van der Waals surface area contributed by atoms with Crippen molar-refractivity contribution in [1.82, 2.24) is 0 Å². The first-order valence-corrected chi connectivity index (χ1v) is 12.5. The second kappa shape index (κ2) is 7.71. The lowest BCUT2D eigenvalue weighted by molar-refractivity contribution is 1.16. The van der Waals surface area contributed by atoms with Crippen molar-refractivity contribution < 1.29 is 0 Å². The average Bonchev–Trinajstić information content (AvgIpc) is 3.43. The molecule has 0 N–H and O–H groups in total. The maximum absolute atomic E-state index is 2.40. The lowest BCUT2D eigenvalue weighted by atomic mass is 9.96. The van der Waals surface area contributed by atoms with Crippen LogP contribution in [-0.4, -0.2) is 0 Å². The molecule has 5 aromatic carbocycles. The molecule has 35 heavy (non-hydrogen) atoms. The molecule has 1 nitrogen and oxygen atoms in total. The van der Waals surface area contributed by atoms with Crippen molar-refractivity contribution in [3.63, 3.8) is 0 Å². The minimum Gasteiger partial charge on any atom is -0.310 e. The van der Waals surface area contributed by atoms with Crippen LogP contribution in [0.4, 0.5) is 17.1 Å². The summed E-state index contributed by atoms with van der Waals surface area (Å²) in [6.07, 6.45) is 2.06. The molecule has 0 heterocycles. The Morgan fingerprint density at radius 3 is 1.66 bits per heavy atom. The molecule has 0 amide bonds. The van der Waals surface area contributed by atoms with Gasteiger partial charge in [-0.05, 0) is 108 Å². The van der Waals surface area contributed by atoms with Gasteiger partial charge in [-0.15, -0.1) is 0 Å². The van der Waals surface area contributed by atoms with Gasteiger partial charge in [0.2, 0.25) is 0 Å². The topological polar surface area (TPSA) is 3.24 Å². The standard InChI is InChI=1S/C34H27N/c1-22-8-11-27(12-9-22)35(26-6-4-3-5-7-26)28-13-15-30-25(19-28)21-34-32(30)17-16-31-29-14-10-23(2)18-24(29)20-33(31)34/h3-19H,20-21H2,1-2H3. The van der Waals surface area contributed by atoms with Gasteiger partial charge in [0.05, 0.1) is 0 Å². The average molecular weight is 450 g/mol. The number of anilines is 3. The minimum atomic E-state index is 1.01. The fraction of sp³-hybridized carbons (Fsp3) is 0.118. The van der Waals surface area contributed by atoms with E-state index in [1.807, 2.05) is 0 Å². The molecule has 168 valence electrons. The number of hydrogen-bond acceptors (Lipinski definition) is 1. The fourth-order valence-corrected chi connectivity index (χ4v) is 5.96. The van der Waals surface area contributed by atoms with Gasteiger partial charge in [-0.3, -0.25) is 0 Å². The monoisotopic (exact) mass is 449 g/mol. The van der Waals surface area contributed by atoms with Gasteiger partial charge in [-0.1, -0.05) is 77.9 Å². The number of hydrogen-bond donors (Lipinski definition) is 0. The van der Waals surface area contributed by atoms with Crippen LogP contribution in [0, 0.1) is 13.8 Å². The Morgan fingerprint density at radius 2 is 0.971 bits per heavy atom. The quantitative estimate of drug-likeness (QED) is 0.260. The Balaban J connectivity index is 1.31. The summed E-state index contributed by atoms with van der Waals surface area (Å²) in [6.45, 7) is 4.33. The van der Waals surface area contributed by atoms with Crippen molar-refractivity contribution in [2.75, 3.05) is 4.90 Å². The first kappa shape index (κ1) is 20.3. The molecule has 0 unspecified atom stereocenters. The van der Waals surface area contributed by atoms with Crippen LogP contribution in [0.3, 0.4) is 0 Å². The molecule has 7 rings (SSSR count). The Morgan fingerprint density at radius 1 is 0.457 bits per heavy atom. The summed E-state index contributed by atoms with van der Waals surface area (Å²) in [5.41, 5.74) is 17.8. The van der Waals surface area contributed by atoms with Gasteiger partial charge in [0.15, 0.2) is 0 Å². The predicted octanol–water partition coefficient (Wildman–Crippen LogP) is 8.92. The molecule has 0 fully saturated rings. The summed E-state index contributed by atoms with van der Waals surface area (Å²) < 4.78 is 0. The molecule has 0 atom stereocenters. The molecule has 0 aliphatic heterocycles. The van der Waals surface area contributed by atoms with Gasteiger partial charge in [0.25, 0.3) is 0 Å². The molecule has 0 spiro atoms. The summed E-state index contributed by atoms with van der Waals surface area (Å²) >= 11 is 0. The molecule has 0 saturated carbocycles. The van der Waals surface area contributed by atoms with Crippen LogP contribution in [-0.2, 0) is 12.8 Å². The molecule has 1 heteroatoms. The molecule has 2 aliphatic carbocycles. The maximum atomic E-state index is 2.40. The number of aryl methyl sites for hydroxylation is 2. The summed E-state index contributed by atoms with van der Waals surface area (Å²) in [5, 5.41) is 0. The van der Waals surface area contributed by atoms with Crippen molar-refractivity contribution in [2.45, 2.75) is 26.7 Å². The third-order valence-corrected chi connectivity index (χ3v) is 7.66. The van der Waals surface area contributed by atoms with Crippen molar-refractivity contribution in [3.8, 4) is 22.3 Å². The summed E-state index contributed by atoms with van der Waals surface area (Å²) in [4.78, 5) is 2.37. The van der Waals surface area contributed by atoms with E-state index in [1.165, 1.54) is 72.7 Å². The van der Waals surface area contributed by atoms with Gasteiger partial charge >= 0.3 is 0 Å². The van der Waals surface area contributed by atoms with Crippen LogP contribution in [0.15, 0.2) is 103 Å². The van der Waals surface area contributed by atoms with Gasteiger partial charge in [-0.2, -0.15) is 0 Å². The third kappa shape index (κ3) is 3.23. The lowest BCUT2D eigenvalue weighted by Crippen LogP contribution is -2.10. The first-order chi connectivity index (χ1) is 17.2. The zero-order valence-corrected chi connectivity index (χ0v) is 20.2. The van der Waals surface area contributed by atoms with Gasteiger partial charge in [0.1, 0.15) is 0 Å². The van der Waals surface area contributed by atoms with Crippen molar-refractivity contribution >= 4 is 17.1 Å². The zero-order chi connectivity index (χ0) is 23.5. The van der Waals surface area contributed by atoms with E-state index < -0.39 is 0 Å². The van der Waals surface area contributed by atoms with E-state index in [4.69, 9.17) is 0 Å². The largest absolute Gasteiger partial charge is 0.310 e. The Kier molecular flexibility index (Phi) is 4.47. The molecule has 0 aromatic heterocycles. The number of fused-ring (bicyclic) bond motifs is 7. The molecule has 0 saturated heterocycles. The number of benzene rings is 5. The van der Waals surface area contributed by atoms with Crippen molar-refractivity contribution in [3.05, 3.63) is 137 Å². The second-order valence-corrected chi connectivity index (χ2v) is 9.98. The van der Waals surface area contributed by atoms with E-state index in [-0.39, 0.29) is 0 Å². The van der Waals surface area contributed by atoms with E-state index in [1.54, 1.807) is 0 Å². The number of rotatable bonds is 3. The van der Waals surface area contributed by atoms with Gasteiger partial charge in [0, 0.05) is 17.1 Å². The van der Waals surface area contributed by atoms with E-state index in [0.717, 1.165) is 12.8 Å². The smallest absolute Gasteiger partial charge is 0.0464 e. The molecular formula is C34H27N. The third-order valence-electron chi connectivity index (χ3n) is 7.66. The minimum absolute atomic E-state index is 1.01. The highest BCUT2D eigenvalue weighted by Crippen LogP contribution is 2.48. The Labute approximate surface area is 207 Å². The number of para-hydroxylation sites is 1. The highest BCUT2D eigenvalue weighted by Gasteiger charge is 2.28. The summed E-state index contributed by atoms with van der Waals surface area (Å²) in [7, 11) is 0. The van der Waals surface area contributed by atoms with Crippen LogP contribution in [0.5, 0.6) is 0 Å². The van der Waals surface area contributed by atoms with E-state index in [2.05, 4.69) is 122 Å². The van der Waals surface area contributed by atoms with Crippen molar-refractivity contribution in [1.29, 1.82) is 0 Å². The summed E-state index contributed by atoms with van der Waals surface area (Å²) in [5.74, 6) is 0. The van der Waals surface area contributed by atoms with Crippen molar-refractivity contribution in [2.24, 2.45) is 0 Å². The molecule has 5 aromatic rings. The summed E-state index contributed by atoms with van der Waals surface area (Å²) in [6, 6.07) is 38.1. The highest BCUT2D eigenvalue weighted by molar-refractivity contribution is 5.88. The zero-order valence-electron chi connectivity index (χ0n) is 20.2. The lowest BCUT2D eigenvalue weighted by Gasteiger charge is -2.26. The van der Waals surface area contributed by atoms with Crippen LogP contribution in [0.2, 0.25) is 0 Å². The second-order valence-electron chi connectivity index (χ2n) is 9.98. The SMILES string of the molecule is Cc1ccc(N(c2ccccc2)c2ccc3c(c2)Cc2c-3ccc3c2Cc2cc(C)ccc2-3)cc1. The van der Waals surface area contributed by atoms with Crippen LogP contribution in [0.1, 0.15) is 33.4 Å². The van der Waals surface area contributed by atoms with E-state index in [9.17, 15) is 0 Å². The van der Waals surface area contributed by atoms with Crippen LogP contribution >= 0.6 is 0 Å². The van der Waals surface area contributed by atoms with Crippen LogP contribution < -0.4 is 4.90 Å². The molecule has 0 bridgehead atoms. The molecule has 2 aliphatic rings. The number of nitrogens with zero attached hydrogens (tertiary/aromatic N) is 1. The normalized spacial score (nSPS) is 12.6. The van der Waals surface area contributed by atoms with E-state index >= 15 is 0 Å². The van der Waals surface area contributed by atoms with Crippen LogP contribution in [0.25, 0.3) is 22.3 Å². The Hall–Kier alpha value is -4.10. The highest BCUT2D eigenvalue weighted by atomic mass is 15.1. The van der Waals surface area contributed by atoms with Gasteiger partial charge < -0.3 is 4.90 Å². The predicted molar refractivity (Wildman–Crippen MR) is 147 cm³/mol. The maximum Gasteiger partial charge on any atom is 0.0464 e. The first-order valence-electron chi connectivity index (χ1n) is 12.5. The molecule has 0 radical (unpaired) electrons. The fourth-order valence-electron chi connectivity index (χ4n) is 5.96. The Bertz CT molecular complexity index is 1590. The molecular weight excluding hydrogens is 422 g/mol. The van der Waals surface area contributed by atoms with Gasteiger partial charge in [-0.25, -0.2) is 0 Å².